The van der Waals surface area contributed by atoms with Gasteiger partial charge in [0.2, 0.25) is 5.78 Å². The highest BCUT2D eigenvalue weighted by molar-refractivity contribution is 6.11. The SMILES string of the molecule is C=C(c1ccccc1)n1nc(C(=O)c2ccccc2)c(-c2ccccc2)n1. The maximum absolute atomic E-state index is 13.1. The second-order valence-electron chi connectivity index (χ2n) is 6.06. The molecule has 0 saturated heterocycles. The summed E-state index contributed by atoms with van der Waals surface area (Å²) < 4.78 is 0. The van der Waals surface area contributed by atoms with E-state index < -0.39 is 0 Å². The third kappa shape index (κ3) is 3.33. The number of nitrogens with zero attached hydrogens (tertiary/aromatic N) is 3. The zero-order chi connectivity index (χ0) is 18.6. The molecule has 0 bridgehead atoms. The number of hydrogen-bond donors (Lipinski definition) is 0. The molecule has 0 atom stereocenters. The van der Waals surface area contributed by atoms with E-state index in [0.717, 1.165) is 11.1 Å². The Morgan fingerprint density at radius 2 is 1.22 bits per heavy atom. The van der Waals surface area contributed by atoms with Gasteiger partial charge in [0.05, 0.1) is 5.70 Å². The lowest BCUT2D eigenvalue weighted by atomic mass is 10.0. The summed E-state index contributed by atoms with van der Waals surface area (Å²) in [4.78, 5) is 14.5. The molecular weight excluding hydrogens is 334 g/mol. The van der Waals surface area contributed by atoms with E-state index in [9.17, 15) is 4.79 Å². The molecule has 0 N–H and O–H groups in total. The monoisotopic (exact) mass is 351 g/mol. The molecule has 0 aliphatic rings. The first-order chi connectivity index (χ1) is 13.2. The van der Waals surface area contributed by atoms with Crippen LogP contribution in [0.15, 0.2) is 97.6 Å². The fourth-order valence-corrected chi connectivity index (χ4v) is 2.84. The molecule has 0 amide bonds. The van der Waals surface area contributed by atoms with Crippen LogP contribution in [0.3, 0.4) is 0 Å². The fourth-order valence-electron chi connectivity index (χ4n) is 2.84. The first-order valence-electron chi connectivity index (χ1n) is 8.61. The van der Waals surface area contributed by atoms with Crippen LogP contribution in [0.2, 0.25) is 0 Å². The van der Waals surface area contributed by atoms with Crippen molar-refractivity contribution in [1.29, 1.82) is 0 Å². The minimum Gasteiger partial charge on any atom is -0.287 e. The van der Waals surface area contributed by atoms with Gasteiger partial charge in [-0.25, -0.2) is 0 Å². The summed E-state index contributed by atoms with van der Waals surface area (Å²) in [5.41, 5.74) is 3.77. The Hall–Kier alpha value is -3.79. The molecule has 0 spiro atoms. The van der Waals surface area contributed by atoms with E-state index in [-0.39, 0.29) is 5.78 Å². The Balaban J connectivity index is 1.83. The number of aromatic nitrogens is 3. The van der Waals surface area contributed by atoms with Crippen molar-refractivity contribution in [2.45, 2.75) is 0 Å². The second kappa shape index (κ2) is 7.22. The smallest absolute Gasteiger partial charge is 0.215 e. The van der Waals surface area contributed by atoms with Crippen LogP contribution in [-0.4, -0.2) is 20.8 Å². The Kier molecular flexibility index (Phi) is 4.45. The quantitative estimate of drug-likeness (QED) is 0.490. The van der Waals surface area contributed by atoms with Crippen LogP contribution >= 0.6 is 0 Å². The van der Waals surface area contributed by atoms with Crippen molar-refractivity contribution in [3.05, 3.63) is 114 Å². The zero-order valence-corrected chi connectivity index (χ0v) is 14.6. The van der Waals surface area contributed by atoms with Crippen LogP contribution in [0.5, 0.6) is 0 Å². The van der Waals surface area contributed by atoms with Gasteiger partial charge in [-0.3, -0.25) is 4.79 Å². The standard InChI is InChI=1S/C23H17N3O/c1-17(18-11-5-2-6-12-18)26-24-21(19-13-7-3-8-14-19)22(25-26)23(27)20-15-9-4-10-16-20/h2-16H,1H2. The van der Waals surface area contributed by atoms with Crippen molar-refractivity contribution < 1.29 is 4.79 Å². The van der Waals surface area contributed by atoms with E-state index in [0.29, 0.717) is 22.6 Å². The molecule has 4 aromatic rings. The molecule has 0 unspecified atom stereocenters. The van der Waals surface area contributed by atoms with Gasteiger partial charge >= 0.3 is 0 Å². The lowest BCUT2D eigenvalue weighted by Gasteiger charge is -2.03. The Morgan fingerprint density at radius 1 is 0.704 bits per heavy atom. The first-order valence-corrected chi connectivity index (χ1v) is 8.61. The van der Waals surface area contributed by atoms with E-state index in [1.807, 2.05) is 78.9 Å². The van der Waals surface area contributed by atoms with E-state index in [4.69, 9.17) is 0 Å². The zero-order valence-electron chi connectivity index (χ0n) is 14.6. The van der Waals surface area contributed by atoms with Crippen LogP contribution in [0.1, 0.15) is 21.6 Å². The highest BCUT2D eigenvalue weighted by Crippen LogP contribution is 2.24. The molecule has 0 radical (unpaired) electrons. The number of hydrogen-bond acceptors (Lipinski definition) is 3. The third-order valence-corrected chi connectivity index (χ3v) is 4.26. The summed E-state index contributed by atoms with van der Waals surface area (Å²) in [6.07, 6.45) is 0. The van der Waals surface area contributed by atoms with Crippen molar-refractivity contribution in [3.63, 3.8) is 0 Å². The summed E-state index contributed by atoms with van der Waals surface area (Å²) in [5.74, 6) is -0.165. The highest BCUT2D eigenvalue weighted by Gasteiger charge is 2.22. The predicted octanol–water partition coefficient (Wildman–Crippen LogP) is 4.70. The average Bonchev–Trinajstić information content (AvgIpc) is 3.20. The normalized spacial score (nSPS) is 10.5. The van der Waals surface area contributed by atoms with Gasteiger partial charge < -0.3 is 0 Å². The largest absolute Gasteiger partial charge is 0.287 e. The molecule has 4 rings (SSSR count). The Bertz CT molecular complexity index is 1080. The molecule has 130 valence electrons. The van der Waals surface area contributed by atoms with Crippen LogP contribution in [0.25, 0.3) is 17.0 Å². The third-order valence-electron chi connectivity index (χ3n) is 4.26. The summed E-state index contributed by atoms with van der Waals surface area (Å²) in [6.45, 7) is 4.10. The van der Waals surface area contributed by atoms with Gasteiger partial charge in [-0.1, -0.05) is 97.6 Å². The first kappa shape index (κ1) is 16.7. The molecular formula is C23H17N3O. The molecule has 0 aliphatic carbocycles. The van der Waals surface area contributed by atoms with Gasteiger partial charge in [0.1, 0.15) is 5.69 Å². The van der Waals surface area contributed by atoms with Gasteiger partial charge in [0.15, 0.2) is 5.69 Å². The van der Waals surface area contributed by atoms with Crippen LogP contribution in [0.4, 0.5) is 0 Å². The van der Waals surface area contributed by atoms with Crippen LogP contribution in [-0.2, 0) is 0 Å². The van der Waals surface area contributed by atoms with Crippen molar-refractivity contribution in [2.24, 2.45) is 0 Å². The molecule has 4 heteroatoms. The maximum atomic E-state index is 13.1. The minimum absolute atomic E-state index is 0.165. The van der Waals surface area contributed by atoms with Crippen molar-refractivity contribution in [3.8, 4) is 11.3 Å². The van der Waals surface area contributed by atoms with E-state index in [1.54, 1.807) is 12.1 Å². The number of benzene rings is 3. The van der Waals surface area contributed by atoms with Gasteiger partial charge in [-0.05, 0) is 0 Å². The number of ketones is 1. The van der Waals surface area contributed by atoms with Gasteiger partial charge in [-0.2, -0.15) is 4.80 Å². The molecule has 3 aromatic carbocycles. The lowest BCUT2D eigenvalue weighted by Crippen LogP contribution is -2.06. The Morgan fingerprint density at radius 3 is 1.81 bits per heavy atom. The molecule has 0 fully saturated rings. The number of carbonyl (C=O) groups is 1. The van der Waals surface area contributed by atoms with Crippen molar-refractivity contribution in [2.75, 3.05) is 0 Å². The van der Waals surface area contributed by atoms with Gasteiger partial charge in [0, 0.05) is 16.7 Å². The second-order valence-corrected chi connectivity index (χ2v) is 6.06. The Labute approximate surface area is 157 Å². The minimum atomic E-state index is -0.165. The summed E-state index contributed by atoms with van der Waals surface area (Å²) in [7, 11) is 0. The van der Waals surface area contributed by atoms with Crippen LogP contribution in [0, 0.1) is 0 Å². The average molecular weight is 351 g/mol. The van der Waals surface area contributed by atoms with Gasteiger partial charge in [-0.15, -0.1) is 10.2 Å². The van der Waals surface area contributed by atoms with E-state index in [2.05, 4.69) is 16.8 Å². The van der Waals surface area contributed by atoms with Gasteiger partial charge in [0.25, 0.3) is 0 Å². The highest BCUT2D eigenvalue weighted by atomic mass is 16.1. The molecule has 1 heterocycles. The van der Waals surface area contributed by atoms with Crippen LogP contribution < -0.4 is 0 Å². The topological polar surface area (TPSA) is 47.8 Å². The molecule has 27 heavy (non-hydrogen) atoms. The molecule has 0 saturated carbocycles. The number of carbonyl (C=O) groups excluding carboxylic acids is 1. The number of rotatable bonds is 5. The van der Waals surface area contributed by atoms with E-state index >= 15 is 0 Å². The van der Waals surface area contributed by atoms with Crippen molar-refractivity contribution in [1.82, 2.24) is 15.0 Å². The summed E-state index contributed by atoms with van der Waals surface area (Å²) in [5, 5.41) is 9.08. The fraction of sp³-hybridized carbons (Fsp3) is 0. The summed E-state index contributed by atoms with van der Waals surface area (Å²) >= 11 is 0. The lowest BCUT2D eigenvalue weighted by molar-refractivity contribution is 0.103. The molecule has 0 aliphatic heterocycles. The maximum Gasteiger partial charge on any atom is 0.215 e. The molecule has 4 nitrogen and oxygen atoms in total. The molecule has 1 aromatic heterocycles. The predicted molar refractivity (Wildman–Crippen MR) is 106 cm³/mol. The van der Waals surface area contributed by atoms with E-state index in [1.165, 1.54) is 4.80 Å². The van der Waals surface area contributed by atoms with Crippen molar-refractivity contribution >= 4 is 11.5 Å². The summed E-state index contributed by atoms with van der Waals surface area (Å²) in [6, 6.07) is 28.4.